The molecule has 1 aliphatic heterocycles. The maximum absolute atomic E-state index is 13.0. The zero-order valence-electron chi connectivity index (χ0n) is 9.56. The Bertz CT molecular complexity index is 516. The van der Waals surface area contributed by atoms with Gasteiger partial charge in [0.05, 0.1) is 0 Å². The first-order chi connectivity index (χ1) is 8.33. The summed E-state index contributed by atoms with van der Waals surface area (Å²) in [6.07, 6.45) is 4.99. The Morgan fingerprint density at radius 2 is 2.18 bits per heavy atom. The number of pyridine rings is 1. The molecule has 1 fully saturated rings. The van der Waals surface area contributed by atoms with Crippen molar-refractivity contribution in [1.82, 2.24) is 19.9 Å². The molecular weight excluding hydrogens is 219 g/mol. The van der Waals surface area contributed by atoms with Crippen LogP contribution in [0.3, 0.4) is 0 Å². The van der Waals surface area contributed by atoms with Crippen molar-refractivity contribution in [1.29, 1.82) is 0 Å². The number of nitrogens with one attached hydrogen (secondary N) is 1. The second-order valence-electron chi connectivity index (χ2n) is 4.59. The highest BCUT2D eigenvalue weighted by Crippen LogP contribution is 2.17. The standard InChI is InChI=1S/C12H15FN4/c13-10-3-6-17-11(15-16-12(17)8-10)7-9-1-4-14-5-2-9/h3,6,8-9,14H,1-2,4-5,7H2. The zero-order valence-corrected chi connectivity index (χ0v) is 9.56. The fraction of sp³-hybridized carbons (Fsp3) is 0.500. The van der Waals surface area contributed by atoms with Gasteiger partial charge in [-0.1, -0.05) is 0 Å². The van der Waals surface area contributed by atoms with Gasteiger partial charge in [0.15, 0.2) is 5.65 Å². The van der Waals surface area contributed by atoms with Gasteiger partial charge in [-0.25, -0.2) is 4.39 Å². The van der Waals surface area contributed by atoms with E-state index in [9.17, 15) is 4.39 Å². The molecule has 2 aromatic heterocycles. The first kappa shape index (κ1) is 10.7. The van der Waals surface area contributed by atoms with Gasteiger partial charge in [0.2, 0.25) is 0 Å². The van der Waals surface area contributed by atoms with Crippen LogP contribution in [0.25, 0.3) is 5.65 Å². The van der Waals surface area contributed by atoms with E-state index in [0.29, 0.717) is 11.6 Å². The van der Waals surface area contributed by atoms with Crippen molar-refractivity contribution < 1.29 is 4.39 Å². The predicted molar refractivity (Wildman–Crippen MR) is 62.2 cm³/mol. The molecular formula is C12H15FN4. The summed E-state index contributed by atoms with van der Waals surface area (Å²) >= 11 is 0. The second kappa shape index (κ2) is 4.41. The highest BCUT2D eigenvalue weighted by molar-refractivity contribution is 5.37. The van der Waals surface area contributed by atoms with Crippen LogP contribution in [0.15, 0.2) is 18.3 Å². The third kappa shape index (κ3) is 2.15. The number of hydrogen-bond acceptors (Lipinski definition) is 3. The lowest BCUT2D eigenvalue weighted by Crippen LogP contribution is -2.29. The SMILES string of the molecule is Fc1ccn2c(CC3CCNCC3)nnc2c1. The van der Waals surface area contributed by atoms with Gasteiger partial charge >= 0.3 is 0 Å². The smallest absolute Gasteiger partial charge is 0.163 e. The van der Waals surface area contributed by atoms with E-state index >= 15 is 0 Å². The minimum Gasteiger partial charge on any atom is -0.317 e. The molecule has 0 aromatic carbocycles. The largest absolute Gasteiger partial charge is 0.317 e. The van der Waals surface area contributed by atoms with Crippen LogP contribution in [0, 0.1) is 11.7 Å². The van der Waals surface area contributed by atoms with Crippen LogP contribution in [0.2, 0.25) is 0 Å². The summed E-state index contributed by atoms with van der Waals surface area (Å²) in [5.41, 5.74) is 0.592. The Balaban J connectivity index is 1.84. The van der Waals surface area contributed by atoms with Crippen molar-refractivity contribution in [2.24, 2.45) is 5.92 Å². The molecule has 5 heteroatoms. The third-order valence-corrected chi connectivity index (χ3v) is 3.37. The van der Waals surface area contributed by atoms with Crippen LogP contribution < -0.4 is 5.32 Å². The summed E-state index contributed by atoms with van der Waals surface area (Å²) in [4.78, 5) is 0. The van der Waals surface area contributed by atoms with Crippen molar-refractivity contribution in [3.05, 3.63) is 30.0 Å². The van der Waals surface area contributed by atoms with E-state index in [1.165, 1.54) is 25.0 Å². The number of rotatable bonds is 2. The average molecular weight is 234 g/mol. The second-order valence-corrected chi connectivity index (χ2v) is 4.59. The molecule has 0 saturated carbocycles. The fourth-order valence-corrected chi connectivity index (χ4v) is 2.40. The van der Waals surface area contributed by atoms with E-state index in [1.807, 2.05) is 4.40 Å². The van der Waals surface area contributed by atoms with Gasteiger partial charge in [0, 0.05) is 18.7 Å². The van der Waals surface area contributed by atoms with E-state index in [2.05, 4.69) is 15.5 Å². The van der Waals surface area contributed by atoms with E-state index in [1.54, 1.807) is 6.20 Å². The van der Waals surface area contributed by atoms with Crippen molar-refractivity contribution in [3.63, 3.8) is 0 Å². The predicted octanol–water partition coefficient (Wildman–Crippen LogP) is 1.41. The molecule has 3 heterocycles. The van der Waals surface area contributed by atoms with E-state index in [0.717, 1.165) is 25.3 Å². The molecule has 0 radical (unpaired) electrons. The highest BCUT2D eigenvalue weighted by atomic mass is 19.1. The molecule has 3 rings (SSSR count). The van der Waals surface area contributed by atoms with Gasteiger partial charge < -0.3 is 5.32 Å². The molecule has 0 unspecified atom stereocenters. The molecule has 0 spiro atoms. The summed E-state index contributed by atoms with van der Waals surface area (Å²) in [7, 11) is 0. The van der Waals surface area contributed by atoms with Crippen LogP contribution in [0.5, 0.6) is 0 Å². The monoisotopic (exact) mass is 234 g/mol. The zero-order chi connectivity index (χ0) is 11.7. The maximum atomic E-state index is 13.0. The van der Waals surface area contributed by atoms with Crippen LogP contribution >= 0.6 is 0 Å². The summed E-state index contributed by atoms with van der Waals surface area (Å²) in [5.74, 6) is 1.33. The molecule has 1 N–H and O–H groups in total. The summed E-state index contributed by atoms with van der Waals surface area (Å²) in [6, 6.07) is 2.86. The van der Waals surface area contributed by atoms with Crippen molar-refractivity contribution in [2.45, 2.75) is 19.3 Å². The fourth-order valence-electron chi connectivity index (χ4n) is 2.40. The lowest BCUT2D eigenvalue weighted by molar-refractivity contribution is 0.366. The molecule has 2 aromatic rings. The average Bonchev–Trinajstić information content (AvgIpc) is 2.73. The quantitative estimate of drug-likeness (QED) is 0.854. The molecule has 0 aliphatic carbocycles. The van der Waals surface area contributed by atoms with Gasteiger partial charge in [-0.15, -0.1) is 10.2 Å². The lowest BCUT2D eigenvalue weighted by atomic mass is 9.94. The van der Waals surface area contributed by atoms with Gasteiger partial charge in [0.25, 0.3) is 0 Å². The van der Waals surface area contributed by atoms with Gasteiger partial charge in [-0.05, 0) is 37.9 Å². The van der Waals surface area contributed by atoms with Crippen LogP contribution in [-0.2, 0) is 6.42 Å². The molecule has 17 heavy (non-hydrogen) atoms. The number of nitrogens with zero attached hydrogens (tertiary/aromatic N) is 3. The van der Waals surface area contributed by atoms with Crippen molar-refractivity contribution >= 4 is 5.65 Å². The number of halogens is 1. The summed E-state index contributed by atoms with van der Waals surface area (Å²) in [5, 5.41) is 11.5. The summed E-state index contributed by atoms with van der Waals surface area (Å²) < 4.78 is 14.9. The van der Waals surface area contributed by atoms with E-state index in [4.69, 9.17) is 0 Å². The Hall–Kier alpha value is -1.49. The van der Waals surface area contributed by atoms with E-state index in [-0.39, 0.29) is 5.82 Å². The number of fused-ring (bicyclic) bond motifs is 1. The topological polar surface area (TPSA) is 42.2 Å². The molecule has 0 bridgehead atoms. The summed E-state index contributed by atoms with van der Waals surface area (Å²) in [6.45, 7) is 2.16. The van der Waals surface area contributed by atoms with Gasteiger partial charge in [0.1, 0.15) is 11.6 Å². The number of aromatic nitrogens is 3. The Morgan fingerprint density at radius 1 is 1.35 bits per heavy atom. The van der Waals surface area contributed by atoms with Crippen LogP contribution in [0.1, 0.15) is 18.7 Å². The Kier molecular flexibility index (Phi) is 2.76. The molecule has 1 saturated heterocycles. The maximum Gasteiger partial charge on any atom is 0.163 e. The molecule has 1 aliphatic rings. The normalized spacial score (nSPS) is 17.7. The highest BCUT2D eigenvalue weighted by Gasteiger charge is 2.16. The third-order valence-electron chi connectivity index (χ3n) is 3.37. The van der Waals surface area contributed by atoms with Crippen LogP contribution in [-0.4, -0.2) is 27.7 Å². The minimum absolute atomic E-state index is 0.265. The molecule has 0 amide bonds. The first-order valence-electron chi connectivity index (χ1n) is 6.03. The molecule has 0 atom stereocenters. The molecule has 4 nitrogen and oxygen atoms in total. The Labute approximate surface area is 98.9 Å². The van der Waals surface area contributed by atoms with E-state index < -0.39 is 0 Å². The molecule has 90 valence electrons. The van der Waals surface area contributed by atoms with Gasteiger partial charge in [-0.3, -0.25) is 4.40 Å². The lowest BCUT2D eigenvalue weighted by Gasteiger charge is -2.21. The van der Waals surface area contributed by atoms with Crippen molar-refractivity contribution in [2.75, 3.05) is 13.1 Å². The van der Waals surface area contributed by atoms with Crippen LogP contribution in [0.4, 0.5) is 4.39 Å². The first-order valence-corrected chi connectivity index (χ1v) is 6.03. The van der Waals surface area contributed by atoms with Gasteiger partial charge in [-0.2, -0.15) is 0 Å². The number of hydrogen-bond donors (Lipinski definition) is 1. The van der Waals surface area contributed by atoms with Crippen molar-refractivity contribution in [3.8, 4) is 0 Å². The minimum atomic E-state index is -0.265. The Morgan fingerprint density at radius 3 is 3.00 bits per heavy atom. The number of piperidine rings is 1.